The molecule has 0 saturated carbocycles. The molecule has 5 nitrogen and oxygen atoms in total. The first-order valence-electron chi connectivity index (χ1n) is 6.31. The van der Waals surface area contributed by atoms with Gasteiger partial charge in [-0.1, -0.05) is 6.92 Å². The minimum atomic E-state index is -0.476. The van der Waals surface area contributed by atoms with E-state index in [1.807, 2.05) is 27.7 Å². The van der Waals surface area contributed by atoms with Gasteiger partial charge in [-0.25, -0.2) is 4.79 Å². The quantitative estimate of drug-likeness (QED) is 0.753. The fourth-order valence-corrected chi connectivity index (χ4v) is 1.64. The minimum Gasteiger partial charge on any atom is -0.460 e. The van der Waals surface area contributed by atoms with Gasteiger partial charge in [0.1, 0.15) is 5.60 Å². The molecule has 0 atom stereocenters. The first-order valence-corrected chi connectivity index (χ1v) is 6.31. The van der Waals surface area contributed by atoms with E-state index in [9.17, 15) is 9.59 Å². The second-order valence-corrected chi connectivity index (χ2v) is 5.30. The van der Waals surface area contributed by atoms with E-state index in [0.717, 1.165) is 6.42 Å². The van der Waals surface area contributed by atoms with E-state index in [-0.39, 0.29) is 18.1 Å². The third kappa shape index (κ3) is 4.39. The van der Waals surface area contributed by atoms with E-state index in [1.165, 1.54) is 0 Å². The SMILES string of the molecule is CCCn1ccn(CCC(=O)OC(C)(C)C)c1=O. The zero-order chi connectivity index (χ0) is 13.8. The Morgan fingerprint density at radius 2 is 1.78 bits per heavy atom. The molecule has 1 rings (SSSR count). The van der Waals surface area contributed by atoms with Crippen LogP contribution in [0, 0.1) is 0 Å². The first kappa shape index (κ1) is 14.5. The van der Waals surface area contributed by atoms with Crippen LogP contribution in [0.15, 0.2) is 17.2 Å². The summed E-state index contributed by atoms with van der Waals surface area (Å²) in [5.41, 5.74) is -0.545. The van der Waals surface area contributed by atoms with Gasteiger partial charge in [-0.05, 0) is 27.2 Å². The van der Waals surface area contributed by atoms with Crippen LogP contribution >= 0.6 is 0 Å². The van der Waals surface area contributed by atoms with Gasteiger partial charge < -0.3 is 4.74 Å². The standard InChI is InChI=1S/C13H22N2O3/c1-5-7-14-9-10-15(12(14)17)8-6-11(16)18-13(2,3)4/h9-10H,5-8H2,1-4H3. The number of imidazole rings is 1. The molecule has 0 bridgehead atoms. The maximum atomic E-state index is 11.8. The van der Waals surface area contributed by atoms with Crippen LogP contribution in [0.4, 0.5) is 0 Å². The van der Waals surface area contributed by atoms with Gasteiger partial charge in [-0.3, -0.25) is 13.9 Å². The van der Waals surface area contributed by atoms with E-state index < -0.39 is 5.60 Å². The average molecular weight is 254 g/mol. The van der Waals surface area contributed by atoms with Crippen molar-refractivity contribution < 1.29 is 9.53 Å². The number of carbonyl (C=O) groups is 1. The minimum absolute atomic E-state index is 0.0691. The number of hydrogen-bond donors (Lipinski definition) is 0. The predicted molar refractivity (Wildman–Crippen MR) is 69.4 cm³/mol. The number of carbonyl (C=O) groups excluding carboxylic acids is 1. The molecule has 0 spiro atoms. The van der Waals surface area contributed by atoms with E-state index in [2.05, 4.69) is 0 Å². The van der Waals surface area contributed by atoms with Crippen LogP contribution in [-0.4, -0.2) is 20.7 Å². The van der Waals surface area contributed by atoms with Crippen molar-refractivity contribution in [1.29, 1.82) is 0 Å². The van der Waals surface area contributed by atoms with Crippen molar-refractivity contribution in [2.75, 3.05) is 0 Å². The largest absolute Gasteiger partial charge is 0.460 e. The molecule has 102 valence electrons. The summed E-state index contributed by atoms with van der Waals surface area (Å²) < 4.78 is 8.38. The van der Waals surface area contributed by atoms with Crippen LogP contribution in [-0.2, 0) is 22.6 Å². The number of hydrogen-bond acceptors (Lipinski definition) is 3. The van der Waals surface area contributed by atoms with Crippen LogP contribution in [0.3, 0.4) is 0 Å². The van der Waals surface area contributed by atoms with Crippen LogP contribution in [0.5, 0.6) is 0 Å². The van der Waals surface area contributed by atoms with Gasteiger partial charge in [0, 0.05) is 25.5 Å². The summed E-state index contributed by atoms with van der Waals surface area (Å²) in [6.45, 7) is 8.57. The molecule has 0 aliphatic heterocycles. The van der Waals surface area contributed by atoms with Crippen LogP contribution in [0.25, 0.3) is 0 Å². The predicted octanol–water partition coefficient (Wildman–Crippen LogP) is 1.79. The van der Waals surface area contributed by atoms with Crippen molar-refractivity contribution in [2.24, 2.45) is 0 Å². The van der Waals surface area contributed by atoms with Gasteiger partial charge in [0.15, 0.2) is 0 Å². The highest BCUT2D eigenvalue weighted by Gasteiger charge is 2.16. The molecule has 0 aromatic carbocycles. The number of ether oxygens (including phenoxy) is 1. The summed E-state index contributed by atoms with van der Waals surface area (Å²) in [5.74, 6) is -0.280. The number of rotatable bonds is 5. The molecule has 0 N–H and O–H groups in total. The Balaban J connectivity index is 2.54. The van der Waals surface area contributed by atoms with Gasteiger partial charge in [0.25, 0.3) is 0 Å². The molecule has 0 amide bonds. The molecule has 0 fully saturated rings. The van der Waals surface area contributed by atoms with Crippen LogP contribution in [0.1, 0.15) is 40.5 Å². The molecule has 0 radical (unpaired) electrons. The molecule has 1 aromatic heterocycles. The Bertz CT molecular complexity index is 452. The lowest BCUT2D eigenvalue weighted by Crippen LogP contribution is -2.27. The lowest BCUT2D eigenvalue weighted by atomic mass is 10.2. The van der Waals surface area contributed by atoms with Crippen molar-refractivity contribution >= 4 is 5.97 Å². The molecule has 5 heteroatoms. The van der Waals surface area contributed by atoms with Crippen molar-refractivity contribution in [3.05, 3.63) is 22.9 Å². The fourth-order valence-electron chi connectivity index (χ4n) is 1.64. The molecule has 0 unspecified atom stereocenters. The van der Waals surface area contributed by atoms with Gasteiger partial charge >= 0.3 is 11.7 Å². The normalized spacial score (nSPS) is 11.6. The number of aryl methyl sites for hydroxylation is 2. The molecule has 0 aliphatic carbocycles. The molecular weight excluding hydrogens is 232 g/mol. The van der Waals surface area contributed by atoms with E-state index in [0.29, 0.717) is 13.1 Å². The number of nitrogens with zero attached hydrogens (tertiary/aromatic N) is 2. The number of esters is 1. The zero-order valence-corrected chi connectivity index (χ0v) is 11.6. The third-order valence-corrected chi connectivity index (χ3v) is 2.36. The zero-order valence-electron chi connectivity index (χ0n) is 11.6. The second kappa shape index (κ2) is 5.89. The summed E-state index contributed by atoms with van der Waals surface area (Å²) in [6.07, 6.45) is 4.59. The lowest BCUT2D eigenvalue weighted by Gasteiger charge is -2.19. The summed E-state index contributed by atoms with van der Waals surface area (Å²) >= 11 is 0. The summed E-state index contributed by atoms with van der Waals surface area (Å²) in [6, 6.07) is 0. The molecule has 0 saturated heterocycles. The van der Waals surface area contributed by atoms with E-state index in [4.69, 9.17) is 4.74 Å². The third-order valence-electron chi connectivity index (χ3n) is 2.36. The van der Waals surface area contributed by atoms with E-state index >= 15 is 0 Å². The van der Waals surface area contributed by atoms with Crippen LogP contribution < -0.4 is 5.69 Å². The summed E-state index contributed by atoms with van der Waals surface area (Å²) in [7, 11) is 0. The molecule has 1 heterocycles. The monoisotopic (exact) mass is 254 g/mol. The van der Waals surface area contributed by atoms with Crippen molar-refractivity contribution in [3.8, 4) is 0 Å². The second-order valence-electron chi connectivity index (χ2n) is 5.30. The first-order chi connectivity index (χ1) is 8.33. The van der Waals surface area contributed by atoms with Crippen molar-refractivity contribution in [2.45, 2.75) is 59.2 Å². The Morgan fingerprint density at radius 3 is 2.28 bits per heavy atom. The molecule has 0 aliphatic rings. The fraction of sp³-hybridized carbons (Fsp3) is 0.692. The summed E-state index contributed by atoms with van der Waals surface area (Å²) in [5, 5.41) is 0. The smallest absolute Gasteiger partial charge is 0.328 e. The Hall–Kier alpha value is -1.52. The molecule has 1 aromatic rings. The Labute approximate surface area is 107 Å². The Morgan fingerprint density at radius 1 is 1.22 bits per heavy atom. The van der Waals surface area contributed by atoms with Gasteiger partial charge in [0.2, 0.25) is 0 Å². The van der Waals surface area contributed by atoms with Gasteiger partial charge in [-0.2, -0.15) is 0 Å². The van der Waals surface area contributed by atoms with Crippen LogP contribution in [0.2, 0.25) is 0 Å². The molecular formula is C13H22N2O3. The molecule has 18 heavy (non-hydrogen) atoms. The van der Waals surface area contributed by atoms with E-state index in [1.54, 1.807) is 21.5 Å². The number of aromatic nitrogens is 2. The van der Waals surface area contributed by atoms with Gasteiger partial charge in [0.05, 0.1) is 6.42 Å². The van der Waals surface area contributed by atoms with Gasteiger partial charge in [-0.15, -0.1) is 0 Å². The lowest BCUT2D eigenvalue weighted by molar-refractivity contribution is -0.155. The highest BCUT2D eigenvalue weighted by atomic mass is 16.6. The van der Waals surface area contributed by atoms with Crippen molar-refractivity contribution in [1.82, 2.24) is 9.13 Å². The Kier molecular flexibility index (Phi) is 4.76. The summed E-state index contributed by atoms with van der Waals surface area (Å²) in [4.78, 5) is 23.4. The maximum Gasteiger partial charge on any atom is 0.328 e. The van der Waals surface area contributed by atoms with Crippen molar-refractivity contribution in [3.63, 3.8) is 0 Å². The average Bonchev–Trinajstić information content (AvgIpc) is 2.56. The topological polar surface area (TPSA) is 53.2 Å². The maximum absolute atomic E-state index is 11.8. The highest BCUT2D eigenvalue weighted by Crippen LogP contribution is 2.08. The highest BCUT2D eigenvalue weighted by molar-refractivity contribution is 5.69.